The SMILES string of the molecule is CO[C@@]1(CN2CCN3CCOC[C@H]3C2)/C=C\C[C@H](C)[C@@H](C)S(=O)(=O)NC(=O)c2ccc3c(c2)N(C[C@@H]2CC[C@H]21)C[C@@]1(CCCc2cc(Cl)ccc21)CO3. The Bertz CT molecular complexity index is 1840. The predicted molar refractivity (Wildman–Crippen MR) is 208 cm³/mol. The van der Waals surface area contributed by atoms with Gasteiger partial charge in [-0.1, -0.05) is 36.7 Å². The number of benzene rings is 2. The van der Waals surface area contributed by atoms with Crippen LogP contribution in [0.4, 0.5) is 5.69 Å². The van der Waals surface area contributed by atoms with Gasteiger partial charge in [-0.2, -0.15) is 0 Å². The molecular formula is C41H55ClN4O6S. The average Bonchev–Trinajstić information content (AvgIpc) is 3.28. The van der Waals surface area contributed by atoms with Crippen LogP contribution in [-0.4, -0.2) is 114 Å². The van der Waals surface area contributed by atoms with Crippen LogP contribution in [-0.2, 0) is 31.3 Å². The third kappa shape index (κ3) is 7.15. The van der Waals surface area contributed by atoms with Crippen LogP contribution in [0.25, 0.3) is 0 Å². The molecule has 4 heterocycles. The van der Waals surface area contributed by atoms with E-state index in [1.165, 1.54) is 11.1 Å². The van der Waals surface area contributed by atoms with Crippen LogP contribution in [0.5, 0.6) is 5.75 Å². The van der Waals surface area contributed by atoms with E-state index in [-0.39, 0.29) is 17.3 Å². The van der Waals surface area contributed by atoms with E-state index < -0.39 is 26.8 Å². The van der Waals surface area contributed by atoms with Gasteiger partial charge in [-0.15, -0.1) is 0 Å². The summed E-state index contributed by atoms with van der Waals surface area (Å²) in [6.07, 6.45) is 10.1. The molecule has 1 saturated carbocycles. The largest absolute Gasteiger partial charge is 0.490 e. The summed E-state index contributed by atoms with van der Waals surface area (Å²) in [4.78, 5) is 21.2. The lowest BCUT2D eigenvalue weighted by Crippen LogP contribution is -2.62. The summed E-state index contributed by atoms with van der Waals surface area (Å²) in [6.45, 7) is 11.9. The van der Waals surface area contributed by atoms with Crippen molar-refractivity contribution in [1.82, 2.24) is 14.5 Å². The quantitative estimate of drug-likeness (QED) is 0.419. The third-order valence-corrected chi connectivity index (χ3v) is 15.8. The number of anilines is 1. The van der Waals surface area contributed by atoms with Crippen molar-refractivity contribution in [3.8, 4) is 5.75 Å². The zero-order valence-electron chi connectivity index (χ0n) is 31.4. The van der Waals surface area contributed by atoms with Crippen molar-refractivity contribution in [2.24, 2.45) is 17.8 Å². The molecule has 2 aromatic carbocycles. The Morgan fingerprint density at radius 1 is 1.08 bits per heavy atom. The molecule has 4 aliphatic heterocycles. The van der Waals surface area contributed by atoms with Crippen LogP contribution in [0, 0.1) is 17.8 Å². The monoisotopic (exact) mass is 766 g/mol. The van der Waals surface area contributed by atoms with Crippen molar-refractivity contribution in [1.29, 1.82) is 0 Å². The molecule has 7 atom stereocenters. The van der Waals surface area contributed by atoms with E-state index in [9.17, 15) is 13.2 Å². The Labute approximate surface area is 320 Å². The molecule has 0 aromatic heterocycles. The molecule has 2 aromatic rings. The Morgan fingerprint density at radius 2 is 1.94 bits per heavy atom. The maximum Gasteiger partial charge on any atom is 0.264 e. The average molecular weight is 767 g/mol. The number of rotatable bonds is 3. The van der Waals surface area contributed by atoms with Crippen molar-refractivity contribution in [2.45, 2.75) is 74.7 Å². The second kappa shape index (κ2) is 14.8. The van der Waals surface area contributed by atoms with Gasteiger partial charge >= 0.3 is 0 Å². The van der Waals surface area contributed by atoms with Gasteiger partial charge in [0.15, 0.2) is 0 Å². The standard InChI is InChI=1S/C41H55ClN4O6S/c1-28-6-4-15-41(50-3,26-44-16-17-45-18-19-51-24-34(45)23-44)36-11-8-32(36)22-46-25-40(14-5-7-30-20-33(42)10-12-35(30)40)27-52-38-13-9-31(21-37(38)46)39(47)43-53(48,49)29(28)2/h4,9-10,12-13,15,20-21,28-29,32,34,36H,5-8,11,14,16-19,22-27H2,1-3H3,(H,43,47)/b15-4-/t28-,29+,32-,34+,36+,40-,41+/m0/s1. The second-order valence-electron chi connectivity index (χ2n) is 16.7. The van der Waals surface area contributed by atoms with Crippen molar-refractivity contribution < 1.29 is 27.4 Å². The van der Waals surface area contributed by atoms with Gasteiger partial charge in [0.05, 0.1) is 30.8 Å². The number of ether oxygens (including phenoxy) is 3. The number of hydrogen-bond donors (Lipinski definition) is 1. The summed E-state index contributed by atoms with van der Waals surface area (Å²) < 4.78 is 49.0. The van der Waals surface area contributed by atoms with Gasteiger partial charge in [-0.3, -0.25) is 14.6 Å². The van der Waals surface area contributed by atoms with Gasteiger partial charge in [0.1, 0.15) is 11.4 Å². The zero-order chi connectivity index (χ0) is 37.0. The normalized spacial score (nSPS) is 35.4. The number of carbonyl (C=O) groups excluding carboxylic acids is 1. The van der Waals surface area contributed by atoms with Crippen LogP contribution in [0.3, 0.4) is 0 Å². The molecule has 2 aliphatic carbocycles. The molecule has 12 heteroatoms. The number of amides is 1. The Kier molecular flexibility index (Phi) is 10.4. The molecule has 1 N–H and O–H groups in total. The molecule has 288 valence electrons. The lowest BCUT2D eigenvalue weighted by molar-refractivity contribution is -0.108. The second-order valence-corrected chi connectivity index (χ2v) is 19.2. The summed E-state index contributed by atoms with van der Waals surface area (Å²) in [5.41, 5.74) is 2.88. The van der Waals surface area contributed by atoms with Gasteiger partial charge in [0, 0.05) is 75.0 Å². The Hall–Kier alpha value is -2.67. The highest BCUT2D eigenvalue weighted by atomic mass is 35.5. The summed E-state index contributed by atoms with van der Waals surface area (Å²) in [6, 6.07) is 12.0. The van der Waals surface area contributed by atoms with E-state index in [2.05, 4.69) is 43.7 Å². The number of nitrogens with zero attached hydrogens (tertiary/aromatic N) is 3. The summed E-state index contributed by atoms with van der Waals surface area (Å²) in [5.74, 6) is 0.458. The number of aryl methyl sites for hydroxylation is 1. The Balaban J connectivity index is 1.19. The van der Waals surface area contributed by atoms with Crippen molar-refractivity contribution >= 4 is 33.2 Å². The number of carbonyl (C=O) groups is 1. The minimum atomic E-state index is -3.96. The molecule has 0 unspecified atom stereocenters. The van der Waals surface area contributed by atoms with E-state index in [0.29, 0.717) is 36.3 Å². The molecule has 1 amide bonds. The predicted octanol–water partition coefficient (Wildman–Crippen LogP) is 5.29. The van der Waals surface area contributed by atoms with Gasteiger partial charge in [-0.05, 0) is 105 Å². The molecule has 8 rings (SSSR count). The fourth-order valence-corrected chi connectivity index (χ4v) is 11.6. The minimum absolute atomic E-state index is 0.223. The zero-order valence-corrected chi connectivity index (χ0v) is 33.0. The minimum Gasteiger partial charge on any atom is -0.490 e. The Morgan fingerprint density at radius 3 is 2.75 bits per heavy atom. The summed E-state index contributed by atoms with van der Waals surface area (Å²) in [7, 11) is -2.11. The van der Waals surface area contributed by atoms with Gasteiger partial charge < -0.3 is 19.1 Å². The van der Waals surface area contributed by atoms with Crippen LogP contribution in [0.2, 0.25) is 5.02 Å². The molecule has 0 radical (unpaired) electrons. The molecule has 2 saturated heterocycles. The molecule has 3 fully saturated rings. The van der Waals surface area contributed by atoms with E-state index in [4.69, 9.17) is 25.8 Å². The molecular weight excluding hydrogens is 712 g/mol. The van der Waals surface area contributed by atoms with Crippen LogP contribution in [0.1, 0.15) is 67.4 Å². The van der Waals surface area contributed by atoms with Gasteiger partial charge in [-0.25, -0.2) is 13.1 Å². The van der Waals surface area contributed by atoms with Crippen molar-refractivity contribution in [3.05, 3.63) is 70.3 Å². The van der Waals surface area contributed by atoms with Crippen LogP contribution >= 0.6 is 11.6 Å². The van der Waals surface area contributed by atoms with E-state index in [1.807, 2.05) is 32.2 Å². The smallest absolute Gasteiger partial charge is 0.264 e. The van der Waals surface area contributed by atoms with Crippen LogP contribution < -0.4 is 14.4 Å². The van der Waals surface area contributed by atoms with E-state index >= 15 is 0 Å². The maximum absolute atomic E-state index is 13.7. The summed E-state index contributed by atoms with van der Waals surface area (Å²) >= 11 is 6.51. The van der Waals surface area contributed by atoms with Crippen molar-refractivity contribution in [3.63, 3.8) is 0 Å². The molecule has 1 spiro atoms. The number of halogens is 1. The number of morpholine rings is 1. The summed E-state index contributed by atoms with van der Waals surface area (Å²) in [5, 5.41) is -0.0335. The fourth-order valence-electron chi connectivity index (χ4n) is 10.1. The number of nitrogens with one attached hydrogen (secondary N) is 1. The topological polar surface area (TPSA) is 101 Å². The molecule has 2 bridgehead atoms. The number of sulfonamides is 1. The number of methoxy groups -OCH3 is 1. The molecule has 10 nitrogen and oxygen atoms in total. The molecule has 6 aliphatic rings. The lowest BCUT2D eigenvalue weighted by atomic mass is 9.63. The van der Waals surface area contributed by atoms with Crippen molar-refractivity contribution in [2.75, 3.05) is 77.6 Å². The first kappa shape index (κ1) is 37.3. The molecule has 53 heavy (non-hydrogen) atoms. The van der Waals surface area contributed by atoms with E-state index in [1.54, 1.807) is 13.0 Å². The maximum atomic E-state index is 13.7. The van der Waals surface area contributed by atoms with Gasteiger partial charge in [0.25, 0.3) is 5.91 Å². The first-order valence-electron chi connectivity index (χ1n) is 19.6. The first-order valence-corrected chi connectivity index (χ1v) is 21.6. The third-order valence-electron chi connectivity index (χ3n) is 13.6. The first-order chi connectivity index (χ1) is 25.5. The highest BCUT2D eigenvalue weighted by Gasteiger charge is 2.50. The highest BCUT2D eigenvalue weighted by molar-refractivity contribution is 7.90. The van der Waals surface area contributed by atoms with E-state index in [0.717, 1.165) is 102 Å². The highest BCUT2D eigenvalue weighted by Crippen LogP contribution is 2.49. The van der Waals surface area contributed by atoms with Gasteiger partial charge in [0.2, 0.25) is 10.0 Å². The number of fused-ring (bicyclic) bond motifs is 5. The number of hydrogen-bond acceptors (Lipinski definition) is 9. The fraction of sp³-hybridized carbons (Fsp3) is 0.634. The number of piperazine rings is 1. The lowest BCUT2D eigenvalue weighted by Gasteiger charge is -2.53. The number of allylic oxidation sites excluding steroid dienone is 1. The van der Waals surface area contributed by atoms with Crippen LogP contribution in [0.15, 0.2) is 48.6 Å².